The van der Waals surface area contributed by atoms with Gasteiger partial charge >= 0.3 is 0 Å². The highest BCUT2D eigenvalue weighted by molar-refractivity contribution is 7.89. The van der Waals surface area contributed by atoms with Crippen molar-refractivity contribution in [3.63, 3.8) is 0 Å². The van der Waals surface area contributed by atoms with Crippen molar-refractivity contribution in [1.29, 1.82) is 0 Å². The van der Waals surface area contributed by atoms with Gasteiger partial charge in [0.15, 0.2) is 0 Å². The van der Waals surface area contributed by atoms with Crippen LogP contribution in [0.5, 0.6) is 5.75 Å². The zero-order valence-electron chi connectivity index (χ0n) is 16.4. The molecule has 0 radical (unpaired) electrons. The Bertz CT molecular complexity index is 972. The van der Waals surface area contributed by atoms with Gasteiger partial charge in [0.05, 0.1) is 22.8 Å². The number of carbonyl (C=O) groups is 1. The maximum absolute atomic E-state index is 13.1. The average molecular weight is 437 g/mol. The largest absolute Gasteiger partial charge is 0.491 e. The van der Waals surface area contributed by atoms with E-state index < -0.39 is 15.9 Å². The SMILES string of the molecule is CCCOc1ccc(Cl)cc1NC(=O)c1ccccc1S(=O)(=O)N1CCCCC1. The van der Waals surface area contributed by atoms with E-state index >= 15 is 0 Å². The van der Waals surface area contributed by atoms with Gasteiger partial charge in [-0.3, -0.25) is 4.79 Å². The Morgan fingerprint density at radius 2 is 1.86 bits per heavy atom. The van der Waals surface area contributed by atoms with Gasteiger partial charge < -0.3 is 10.1 Å². The maximum Gasteiger partial charge on any atom is 0.257 e. The first-order valence-electron chi connectivity index (χ1n) is 9.76. The summed E-state index contributed by atoms with van der Waals surface area (Å²) in [5.74, 6) is -0.0363. The highest BCUT2D eigenvalue weighted by atomic mass is 35.5. The number of sulfonamides is 1. The fourth-order valence-electron chi connectivity index (χ4n) is 3.25. The number of nitrogens with zero attached hydrogens (tertiary/aromatic N) is 1. The zero-order valence-corrected chi connectivity index (χ0v) is 17.9. The summed E-state index contributed by atoms with van der Waals surface area (Å²) in [6, 6.07) is 11.2. The van der Waals surface area contributed by atoms with E-state index in [0.717, 1.165) is 25.7 Å². The second-order valence-corrected chi connectivity index (χ2v) is 9.25. The number of amides is 1. The molecular weight excluding hydrogens is 412 g/mol. The van der Waals surface area contributed by atoms with Gasteiger partial charge in [-0.2, -0.15) is 4.31 Å². The van der Waals surface area contributed by atoms with Gasteiger partial charge in [0.25, 0.3) is 5.91 Å². The van der Waals surface area contributed by atoms with E-state index in [1.807, 2.05) is 6.92 Å². The Kier molecular flexibility index (Phi) is 7.16. The zero-order chi connectivity index (χ0) is 20.9. The molecule has 0 saturated carbocycles. The van der Waals surface area contributed by atoms with E-state index in [1.165, 1.54) is 16.4 Å². The van der Waals surface area contributed by atoms with E-state index in [1.54, 1.807) is 30.3 Å². The maximum atomic E-state index is 13.1. The molecule has 0 aliphatic carbocycles. The lowest BCUT2D eigenvalue weighted by Gasteiger charge is -2.26. The molecule has 1 saturated heterocycles. The lowest BCUT2D eigenvalue weighted by molar-refractivity contribution is 0.102. The highest BCUT2D eigenvalue weighted by Crippen LogP contribution is 2.30. The standard InChI is InChI=1S/C21H25ClN2O4S/c1-2-14-28-19-11-10-16(22)15-18(19)23-21(25)17-8-4-5-9-20(17)29(26,27)24-12-6-3-7-13-24/h4-5,8-11,15H,2-3,6-7,12-14H2,1H3,(H,23,25). The van der Waals surface area contributed by atoms with Crippen LogP contribution in [-0.4, -0.2) is 38.3 Å². The number of nitrogens with one attached hydrogen (secondary N) is 1. The van der Waals surface area contributed by atoms with E-state index in [-0.39, 0.29) is 10.5 Å². The van der Waals surface area contributed by atoms with E-state index in [0.29, 0.717) is 36.2 Å². The number of hydrogen-bond donors (Lipinski definition) is 1. The van der Waals surface area contributed by atoms with Crippen molar-refractivity contribution in [2.24, 2.45) is 0 Å². The summed E-state index contributed by atoms with van der Waals surface area (Å²) < 4.78 is 33.4. The van der Waals surface area contributed by atoms with Crippen molar-refractivity contribution in [2.75, 3.05) is 25.0 Å². The lowest BCUT2D eigenvalue weighted by Crippen LogP contribution is -2.36. The molecule has 0 atom stereocenters. The highest BCUT2D eigenvalue weighted by Gasteiger charge is 2.30. The summed E-state index contributed by atoms with van der Waals surface area (Å²) >= 11 is 6.08. The van der Waals surface area contributed by atoms with Crippen LogP contribution in [0, 0.1) is 0 Å². The van der Waals surface area contributed by atoms with Gasteiger partial charge in [0.2, 0.25) is 10.0 Å². The molecule has 8 heteroatoms. The molecule has 156 valence electrons. The monoisotopic (exact) mass is 436 g/mol. The lowest BCUT2D eigenvalue weighted by atomic mass is 10.2. The summed E-state index contributed by atoms with van der Waals surface area (Å²) in [7, 11) is -3.75. The third-order valence-corrected chi connectivity index (χ3v) is 6.91. The second-order valence-electron chi connectivity index (χ2n) is 6.90. The minimum absolute atomic E-state index is 0.0115. The molecular formula is C21H25ClN2O4S. The second kappa shape index (κ2) is 9.61. The normalized spacial score (nSPS) is 15.1. The van der Waals surface area contributed by atoms with Gasteiger partial charge in [-0.25, -0.2) is 8.42 Å². The first kappa shape index (κ1) is 21.6. The average Bonchev–Trinajstić information content (AvgIpc) is 2.74. The first-order chi connectivity index (χ1) is 13.9. The first-order valence-corrected chi connectivity index (χ1v) is 11.6. The van der Waals surface area contributed by atoms with Crippen molar-refractivity contribution < 1.29 is 17.9 Å². The van der Waals surface area contributed by atoms with Crippen molar-refractivity contribution in [2.45, 2.75) is 37.5 Å². The third kappa shape index (κ3) is 5.10. The number of hydrogen-bond acceptors (Lipinski definition) is 4. The van der Waals surface area contributed by atoms with Gasteiger partial charge in [-0.15, -0.1) is 0 Å². The molecule has 0 bridgehead atoms. The van der Waals surface area contributed by atoms with Crippen LogP contribution in [0.2, 0.25) is 5.02 Å². The molecule has 1 fully saturated rings. The molecule has 2 aromatic carbocycles. The molecule has 1 aliphatic heterocycles. The Labute approximate surface area is 176 Å². The number of carbonyl (C=O) groups excluding carboxylic acids is 1. The summed E-state index contributed by atoms with van der Waals surface area (Å²) in [6.45, 7) is 3.42. The molecule has 6 nitrogen and oxygen atoms in total. The van der Waals surface area contributed by atoms with Crippen molar-refractivity contribution in [1.82, 2.24) is 4.31 Å². The number of rotatable bonds is 7. The van der Waals surface area contributed by atoms with Crippen molar-refractivity contribution in [3.05, 3.63) is 53.1 Å². The summed E-state index contributed by atoms with van der Waals surface area (Å²) in [5.41, 5.74) is 0.501. The Morgan fingerprint density at radius 3 is 2.59 bits per heavy atom. The van der Waals surface area contributed by atoms with Crippen molar-refractivity contribution >= 4 is 33.2 Å². The summed E-state index contributed by atoms with van der Waals surface area (Å²) in [4.78, 5) is 13.0. The fourth-order valence-corrected chi connectivity index (χ4v) is 5.13. The summed E-state index contributed by atoms with van der Waals surface area (Å²) in [5, 5.41) is 3.20. The minimum Gasteiger partial charge on any atom is -0.491 e. The molecule has 0 spiro atoms. The quantitative estimate of drug-likeness (QED) is 0.690. The molecule has 29 heavy (non-hydrogen) atoms. The van der Waals surface area contributed by atoms with Crippen molar-refractivity contribution in [3.8, 4) is 5.75 Å². The van der Waals surface area contributed by atoms with Crippen LogP contribution >= 0.6 is 11.6 Å². The number of piperidine rings is 1. The third-order valence-electron chi connectivity index (χ3n) is 4.72. The summed E-state index contributed by atoms with van der Waals surface area (Å²) in [6.07, 6.45) is 3.48. The topological polar surface area (TPSA) is 75.7 Å². The van der Waals surface area contributed by atoms with Crippen LogP contribution < -0.4 is 10.1 Å². The number of ether oxygens (including phenoxy) is 1. The predicted octanol–water partition coefficient (Wildman–Crippen LogP) is 4.56. The number of benzene rings is 2. The molecule has 0 unspecified atom stereocenters. The number of anilines is 1. The van der Waals surface area contributed by atoms with Crippen LogP contribution in [0.3, 0.4) is 0 Å². The van der Waals surface area contributed by atoms with Gasteiger partial charge in [-0.1, -0.05) is 37.1 Å². The predicted molar refractivity (Wildman–Crippen MR) is 114 cm³/mol. The number of halogens is 1. The molecule has 3 rings (SSSR count). The minimum atomic E-state index is -3.75. The smallest absolute Gasteiger partial charge is 0.257 e. The van der Waals surface area contributed by atoms with Crippen LogP contribution in [0.1, 0.15) is 43.0 Å². The Hall–Kier alpha value is -2.09. The Morgan fingerprint density at radius 1 is 1.14 bits per heavy atom. The van der Waals surface area contributed by atoms with E-state index in [9.17, 15) is 13.2 Å². The molecule has 0 aromatic heterocycles. The van der Waals surface area contributed by atoms with Crippen LogP contribution in [0.25, 0.3) is 0 Å². The molecule has 1 N–H and O–H groups in total. The van der Waals surface area contributed by atoms with Crippen LogP contribution in [0.15, 0.2) is 47.4 Å². The van der Waals surface area contributed by atoms with Gasteiger partial charge in [0, 0.05) is 18.1 Å². The fraction of sp³-hybridized carbons (Fsp3) is 0.381. The molecule has 1 heterocycles. The van der Waals surface area contributed by atoms with E-state index in [4.69, 9.17) is 16.3 Å². The Balaban J connectivity index is 1.91. The van der Waals surface area contributed by atoms with Crippen LogP contribution in [-0.2, 0) is 10.0 Å². The molecule has 1 amide bonds. The van der Waals surface area contributed by atoms with E-state index in [2.05, 4.69) is 5.32 Å². The van der Waals surface area contributed by atoms with Crippen LogP contribution in [0.4, 0.5) is 5.69 Å². The molecule has 1 aliphatic rings. The molecule has 2 aromatic rings. The van der Waals surface area contributed by atoms with Gasteiger partial charge in [0.1, 0.15) is 5.75 Å². The van der Waals surface area contributed by atoms with Gasteiger partial charge in [-0.05, 0) is 49.6 Å².